The number of hydrogen-bond acceptors (Lipinski definition) is 7. The zero-order valence-corrected chi connectivity index (χ0v) is 20.4. The molecule has 0 aliphatic carbocycles. The minimum Gasteiger partial charge on any atom is -0.467 e. The van der Waals surface area contributed by atoms with Gasteiger partial charge in [0.1, 0.15) is 5.76 Å². The van der Waals surface area contributed by atoms with Crippen LogP contribution in [0.5, 0.6) is 0 Å². The number of rotatable bonds is 11. The average molecular weight is 506 g/mol. The van der Waals surface area contributed by atoms with Crippen LogP contribution in [-0.4, -0.2) is 35.3 Å². The molecule has 3 aromatic rings. The lowest BCUT2D eigenvalue weighted by atomic mass is 10.3. The summed E-state index contributed by atoms with van der Waals surface area (Å²) in [6.07, 6.45) is 1.94. The van der Waals surface area contributed by atoms with E-state index < -0.39 is 31.1 Å². The number of carbonyl (C=O) groups excluding carboxylic acids is 1. The standard InChI is InChI=1S/C23H27N3O6S2/c1-3-17(2)26-34(30,31)20-13-11-19(12-14-20)33(28,29)23(21-10-7-15-32-21)24-16-22(27)25-18-8-5-4-6-9-18/h4-15,17,23-24,26H,3,16H2,1-2H3,(H,25,27). The van der Waals surface area contributed by atoms with E-state index >= 15 is 0 Å². The number of nitrogens with one attached hydrogen (secondary N) is 3. The van der Waals surface area contributed by atoms with Gasteiger partial charge in [-0.1, -0.05) is 25.1 Å². The lowest BCUT2D eigenvalue weighted by molar-refractivity contribution is -0.115. The maximum absolute atomic E-state index is 13.4. The minimum atomic E-state index is -4.08. The van der Waals surface area contributed by atoms with Gasteiger partial charge in [-0.15, -0.1) is 0 Å². The Morgan fingerprint density at radius 3 is 2.15 bits per heavy atom. The molecule has 1 aromatic heterocycles. The number of sulfonamides is 1. The lowest BCUT2D eigenvalue weighted by Crippen LogP contribution is -2.35. The molecule has 1 heterocycles. The van der Waals surface area contributed by atoms with Crippen LogP contribution in [0.4, 0.5) is 5.69 Å². The molecule has 3 rings (SSSR count). The van der Waals surface area contributed by atoms with Crippen LogP contribution in [0, 0.1) is 0 Å². The van der Waals surface area contributed by atoms with Gasteiger partial charge in [-0.05, 0) is 61.9 Å². The summed E-state index contributed by atoms with van der Waals surface area (Å²) in [5.74, 6) is -0.335. The first-order chi connectivity index (χ1) is 16.1. The highest BCUT2D eigenvalue weighted by atomic mass is 32.2. The number of amides is 1. The summed E-state index contributed by atoms with van der Waals surface area (Å²) < 4.78 is 59.5. The van der Waals surface area contributed by atoms with E-state index in [-0.39, 0.29) is 28.1 Å². The van der Waals surface area contributed by atoms with Gasteiger partial charge in [-0.2, -0.15) is 0 Å². The lowest BCUT2D eigenvalue weighted by Gasteiger charge is -2.18. The summed E-state index contributed by atoms with van der Waals surface area (Å²) in [5.41, 5.74) is 0.578. The van der Waals surface area contributed by atoms with Crippen molar-refractivity contribution < 1.29 is 26.0 Å². The van der Waals surface area contributed by atoms with Gasteiger partial charge in [0.2, 0.25) is 25.8 Å². The van der Waals surface area contributed by atoms with Crippen LogP contribution in [0.25, 0.3) is 0 Å². The summed E-state index contributed by atoms with van der Waals surface area (Å²) in [7, 11) is -7.86. The van der Waals surface area contributed by atoms with Crippen molar-refractivity contribution in [3.8, 4) is 0 Å². The average Bonchev–Trinajstić information content (AvgIpc) is 3.34. The number of anilines is 1. The molecule has 0 saturated carbocycles. The molecule has 0 saturated heterocycles. The number of benzene rings is 2. The highest BCUT2D eigenvalue weighted by molar-refractivity contribution is 7.91. The van der Waals surface area contributed by atoms with Crippen LogP contribution in [0.3, 0.4) is 0 Å². The van der Waals surface area contributed by atoms with E-state index in [1.807, 2.05) is 13.0 Å². The van der Waals surface area contributed by atoms with E-state index in [9.17, 15) is 21.6 Å². The third kappa shape index (κ3) is 6.32. The van der Waals surface area contributed by atoms with Crippen molar-refractivity contribution in [3.63, 3.8) is 0 Å². The molecule has 11 heteroatoms. The molecule has 34 heavy (non-hydrogen) atoms. The van der Waals surface area contributed by atoms with Crippen LogP contribution in [0.15, 0.2) is 87.2 Å². The molecule has 0 fully saturated rings. The Kier molecular flexibility index (Phi) is 8.26. The molecular formula is C23H27N3O6S2. The second-order valence-corrected chi connectivity index (χ2v) is 11.4. The number of para-hydroxylation sites is 1. The fourth-order valence-electron chi connectivity index (χ4n) is 3.08. The topological polar surface area (TPSA) is 135 Å². The van der Waals surface area contributed by atoms with E-state index in [1.165, 1.54) is 36.6 Å². The SMILES string of the molecule is CCC(C)NS(=O)(=O)c1ccc(S(=O)(=O)C(NCC(=O)Nc2ccccc2)c2ccco2)cc1. The van der Waals surface area contributed by atoms with Gasteiger partial charge in [0.05, 0.1) is 22.6 Å². The minimum absolute atomic E-state index is 0.0449. The zero-order chi connectivity index (χ0) is 24.8. The molecule has 0 aliphatic heterocycles. The van der Waals surface area contributed by atoms with Crippen LogP contribution in [0.2, 0.25) is 0 Å². The molecule has 9 nitrogen and oxygen atoms in total. The Hall–Kier alpha value is -2.99. The normalized spacial score (nSPS) is 13.8. The number of sulfone groups is 1. The predicted octanol–water partition coefficient (Wildman–Crippen LogP) is 3.06. The van der Waals surface area contributed by atoms with Crippen molar-refractivity contribution >= 4 is 31.5 Å². The Balaban J connectivity index is 1.80. The smallest absolute Gasteiger partial charge is 0.240 e. The first-order valence-electron chi connectivity index (χ1n) is 10.6. The van der Waals surface area contributed by atoms with Crippen LogP contribution < -0.4 is 15.4 Å². The van der Waals surface area contributed by atoms with Gasteiger partial charge in [0.15, 0.2) is 5.37 Å². The highest BCUT2D eigenvalue weighted by Crippen LogP contribution is 2.28. The van der Waals surface area contributed by atoms with Gasteiger partial charge in [0.25, 0.3) is 0 Å². The van der Waals surface area contributed by atoms with E-state index in [4.69, 9.17) is 4.42 Å². The quantitative estimate of drug-likeness (QED) is 0.365. The van der Waals surface area contributed by atoms with E-state index in [0.717, 1.165) is 0 Å². The van der Waals surface area contributed by atoms with Crippen LogP contribution in [-0.2, 0) is 24.7 Å². The van der Waals surface area contributed by atoms with Crippen molar-refractivity contribution in [2.45, 2.75) is 41.5 Å². The van der Waals surface area contributed by atoms with Crippen molar-refractivity contribution in [2.24, 2.45) is 0 Å². The Bertz CT molecular complexity index is 1290. The molecular weight excluding hydrogens is 478 g/mol. The van der Waals surface area contributed by atoms with Crippen molar-refractivity contribution in [2.75, 3.05) is 11.9 Å². The Morgan fingerprint density at radius 1 is 0.912 bits per heavy atom. The number of hydrogen-bond donors (Lipinski definition) is 3. The van der Waals surface area contributed by atoms with Crippen molar-refractivity contribution in [3.05, 3.63) is 78.8 Å². The molecule has 2 unspecified atom stereocenters. The molecule has 1 amide bonds. The molecule has 2 aromatic carbocycles. The van der Waals surface area contributed by atoms with Gasteiger partial charge in [-0.3, -0.25) is 10.1 Å². The zero-order valence-electron chi connectivity index (χ0n) is 18.8. The van der Waals surface area contributed by atoms with E-state index in [0.29, 0.717) is 12.1 Å². The van der Waals surface area contributed by atoms with Gasteiger partial charge < -0.3 is 9.73 Å². The molecule has 2 atom stereocenters. The Labute approximate surface area is 199 Å². The van der Waals surface area contributed by atoms with E-state index in [2.05, 4.69) is 15.4 Å². The maximum atomic E-state index is 13.4. The maximum Gasteiger partial charge on any atom is 0.240 e. The molecule has 0 radical (unpaired) electrons. The van der Waals surface area contributed by atoms with Crippen LogP contribution in [0.1, 0.15) is 31.4 Å². The van der Waals surface area contributed by atoms with E-state index in [1.54, 1.807) is 37.3 Å². The van der Waals surface area contributed by atoms with Gasteiger partial charge in [-0.25, -0.2) is 21.6 Å². The van der Waals surface area contributed by atoms with Crippen LogP contribution >= 0.6 is 0 Å². The monoisotopic (exact) mass is 505 g/mol. The summed E-state index contributed by atoms with van der Waals surface area (Å²) in [6, 6.07) is 16.5. The third-order valence-corrected chi connectivity index (χ3v) is 8.60. The summed E-state index contributed by atoms with van der Waals surface area (Å²) in [5, 5.41) is 4.06. The molecule has 0 spiro atoms. The fourth-order valence-corrected chi connectivity index (χ4v) is 5.93. The molecule has 0 aliphatic rings. The largest absolute Gasteiger partial charge is 0.467 e. The number of carbonyl (C=O) groups is 1. The number of furan rings is 1. The van der Waals surface area contributed by atoms with Crippen molar-refractivity contribution in [1.82, 2.24) is 10.0 Å². The molecule has 3 N–H and O–H groups in total. The third-order valence-electron chi connectivity index (χ3n) is 5.05. The Morgan fingerprint density at radius 2 is 1.56 bits per heavy atom. The summed E-state index contributed by atoms with van der Waals surface area (Å²) in [6.45, 7) is 3.29. The second kappa shape index (κ2) is 11.0. The van der Waals surface area contributed by atoms with Gasteiger partial charge >= 0.3 is 0 Å². The van der Waals surface area contributed by atoms with Crippen molar-refractivity contribution in [1.29, 1.82) is 0 Å². The molecule has 0 bridgehead atoms. The second-order valence-electron chi connectivity index (χ2n) is 7.64. The predicted molar refractivity (Wildman–Crippen MR) is 128 cm³/mol. The summed E-state index contributed by atoms with van der Waals surface area (Å²) in [4.78, 5) is 12.2. The first kappa shape index (κ1) is 25.6. The van der Waals surface area contributed by atoms with Gasteiger partial charge in [0, 0.05) is 11.7 Å². The molecule has 182 valence electrons. The first-order valence-corrected chi connectivity index (χ1v) is 13.6. The highest BCUT2D eigenvalue weighted by Gasteiger charge is 2.32. The fraction of sp³-hybridized carbons (Fsp3) is 0.261. The summed E-state index contributed by atoms with van der Waals surface area (Å²) >= 11 is 0.